The van der Waals surface area contributed by atoms with Crippen molar-refractivity contribution in [1.82, 2.24) is 10.2 Å². The van der Waals surface area contributed by atoms with Crippen LogP contribution in [0.1, 0.15) is 24.8 Å². The normalized spacial score (nSPS) is 21.2. The minimum Gasteiger partial charge on any atom is -0.342 e. The molecule has 5 nitrogen and oxygen atoms in total. The van der Waals surface area contributed by atoms with Crippen molar-refractivity contribution >= 4 is 45.8 Å². The molecule has 2 amide bonds. The van der Waals surface area contributed by atoms with Crippen LogP contribution in [0, 0.1) is 12.8 Å². The Morgan fingerprint density at radius 3 is 2.64 bits per heavy atom. The Bertz CT molecular complexity index is 649. The van der Waals surface area contributed by atoms with Crippen LogP contribution in [-0.4, -0.2) is 49.4 Å². The van der Waals surface area contributed by atoms with Crippen LogP contribution in [0.25, 0.3) is 0 Å². The smallest absolute Gasteiger partial charge is 0.228 e. The zero-order valence-corrected chi connectivity index (χ0v) is 17.0. The molecule has 1 aromatic carbocycles. The maximum absolute atomic E-state index is 12.8. The molecule has 0 spiro atoms. The third kappa shape index (κ3) is 4.36. The first-order valence-electron chi connectivity index (χ1n) is 8.51. The zero-order valence-electron chi connectivity index (χ0n) is 14.6. The third-order valence-electron chi connectivity index (χ3n) is 5.13. The molecule has 0 aromatic heterocycles. The summed E-state index contributed by atoms with van der Waals surface area (Å²) in [6.45, 7) is 4.39. The van der Waals surface area contributed by atoms with Gasteiger partial charge in [-0.15, -0.1) is 12.4 Å². The Kier molecular flexibility index (Phi) is 6.88. The second kappa shape index (κ2) is 8.52. The van der Waals surface area contributed by atoms with Gasteiger partial charge in [0.15, 0.2) is 0 Å². The molecule has 3 rings (SSSR count). The minimum absolute atomic E-state index is 0. The molecule has 2 aliphatic rings. The second-order valence-electron chi connectivity index (χ2n) is 6.77. The van der Waals surface area contributed by atoms with E-state index in [9.17, 15) is 9.59 Å². The molecule has 138 valence electrons. The maximum Gasteiger partial charge on any atom is 0.228 e. The first-order valence-corrected chi connectivity index (χ1v) is 9.30. The van der Waals surface area contributed by atoms with Gasteiger partial charge in [0.1, 0.15) is 0 Å². The summed E-state index contributed by atoms with van der Waals surface area (Å²) in [5.74, 6) is -0.0956. The van der Waals surface area contributed by atoms with E-state index in [1.54, 1.807) is 4.90 Å². The van der Waals surface area contributed by atoms with E-state index in [-0.39, 0.29) is 36.2 Å². The Morgan fingerprint density at radius 1 is 1.32 bits per heavy atom. The fourth-order valence-electron chi connectivity index (χ4n) is 3.58. The van der Waals surface area contributed by atoms with Gasteiger partial charge in [0.05, 0.1) is 5.92 Å². The highest BCUT2D eigenvalue weighted by Crippen LogP contribution is 2.29. The summed E-state index contributed by atoms with van der Waals surface area (Å²) in [4.78, 5) is 28.8. The van der Waals surface area contributed by atoms with Crippen molar-refractivity contribution in [1.29, 1.82) is 0 Å². The van der Waals surface area contributed by atoms with Crippen LogP contribution >= 0.6 is 28.3 Å². The lowest BCUT2D eigenvalue weighted by molar-refractivity contribution is -0.137. The monoisotopic (exact) mass is 429 g/mol. The molecule has 2 saturated heterocycles. The number of carbonyl (C=O) groups excluding carboxylic acids is 2. The van der Waals surface area contributed by atoms with E-state index in [0.29, 0.717) is 13.0 Å². The number of nitrogens with one attached hydrogen (secondary N) is 1. The molecule has 1 unspecified atom stereocenters. The molecule has 2 heterocycles. The number of amides is 2. The van der Waals surface area contributed by atoms with Gasteiger partial charge in [0.2, 0.25) is 11.8 Å². The van der Waals surface area contributed by atoms with Gasteiger partial charge in [0, 0.05) is 36.2 Å². The predicted molar refractivity (Wildman–Crippen MR) is 105 cm³/mol. The molecule has 2 aliphatic heterocycles. The van der Waals surface area contributed by atoms with E-state index in [2.05, 4.69) is 21.2 Å². The second-order valence-corrected chi connectivity index (χ2v) is 7.62. The number of benzene rings is 1. The molecule has 7 heteroatoms. The van der Waals surface area contributed by atoms with Gasteiger partial charge < -0.3 is 15.1 Å². The van der Waals surface area contributed by atoms with Crippen molar-refractivity contribution in [3.63, 3.8) is 0 Å². The summed E-state index contributed by atoms with van der Waals surface area (Å²) in [6.07, 6.45) is 2.28. The number of halogens is 2. The quantitative estimate of drug-likeness (QED) is 0.802. The first-order chi connectivity index (χ1) is 11.5. The number of hydrogen-bond acceptors (Lipinski definition) is 3. The van der Waals surface area contributed by atoms with Crippen molar-refractivity contribution in [3.8, 4) is 0 Å². The molecular weight excluding hydrogens is 406 g/mol. The number of hydrogen-bond donors (Lipinski definition) is 1. The fraction of sp³-hybridized carbons (Fsp3) is 0.556. The van der Waals surface area contributed by atoms with E-state index < -0.39 is 0 Å². The molecule has 2 fully saturated rings. The molecular formula is C18H25BrClN3O2. The van der Waals surface area contributed by atoms with Crippen molar-refractivity contribution in [3.05, 3.63) is 28.2 Å². The summed E-state index contributed by atoms with van der Waals surface area (Å²) >= 11 is 3.48. The summed E-state index contributed by atoms with van der Waals surface area (Å²) in [7, 11) is 1.88. The van der Waals surface area contributed by atoms with Gasteiger partial charge in [-0.3, -0.25) is 9.59 Å². The summed E-state index contributed by atoms with van der Waals surface area (Å²) in [5, 5.41) is 3.32. The van der Waals surface area contributed by atoms with Gasteiger partial charge in [-0.2, -0.15) is 0 Å². The van der Waals surface area contributed by atoms with E-state index in [1.807, 2.05) is 37.1 Å². The standard InChI is InChI=1S/C18H24BrN3O2.ClH/c1-12-9-15(3-4-16(12)19)22-11-13(10-17(22)23)18(24)21(2)14-5-7-20-8-6-14;/h3-4,9,13-14,20H,5-8,10-11H2,1-2H3;1H. The molecule has 1 N–H and O–H groups in total. The average Bonchev–Trinajstić information content (AvgIpc) is 2.98. The van der Waals surface area contributed by atoms with Crippen molar-refractivity contribution in [2.24, 2.45) is 5.92 Å². The highest BCUT2D eigenvalue weighted by atomic mass is 79.9. The summed E-state index contributed by atoms with van der Waals surface area (Å²) in [6, 6.07) is 6.16. The largest absolute Gasteiger partial charge is 0.342 e. The van der Waals surface area contributed by atoms with Gasteiger partial charge in [0.25, 0.3) is 0 Å². The average molecular weight is 431 g/mol. The van der Waals surface area contributed by atoms with Crippen LogP contribution in [-0.2, 0) is 9.59 Å². The summed E-state index contributed by atoms with van der Waals surface area (Å²) in [5.41, 5.74) is 1.96. The van der Waals surface area contributed by atoms with Gasteiger partial charge in [-0.25, -0.2) is 0 Å². The SMILES string of the molecule is Cc1cc(N2CC(C(=O)N(C)C3CCNCC3)CC2=O)ccc1Br.Cl. The molecule has 0 saturated carbocycles. The lowest BCUT2D eigenvalue weighted by atomic mass is 10.0. The van der Waals surface area contributed by atoms with Gasteiger partial charge in [-0.1, -0.05) is 15.9 Å². The van der Waals surface area contributed by atoms with Crippen molar-refractivity contribution < 1.29 is 9.59 Å². The van der Waals surface area contributed by atoms with Crippen molar-refractivity contribution in [2.45, 2.75) is 32.2 Å². The predicted octanol–water partition coefficient (Wildman–Crippen LogP) is 2.74. The zero-order chi connectivity index (χ0) is 17.3. The van der Waals surface area contributed by atoms with Crippen LogP contribution in [0.2, 0.25) is 0 Å². The minimum atomic E-state index is -0.235. The van der Waals surface area contributed by atoms with Crippen LogP contribution in [0.3, 0.4) is 0 Å². The Hall–Kier alpha value is -1.11. The lowest BCUT2D eigenvalue weighted by Gasteiger charge is -2.33. The van der Waals surface area contributed by atoms with Crippen LogP contribution in [0.15, 0.2) is 22.7 Å². The van der Waals surface area contributed by atoms with E-state index >= 15 is 0 Å². The van der Waals surface area contributed by atoms with E-state index in [0.717, 1.165) is 41.7 Å². The third-order valence-corrected chi connectivity index (χ3v) is 6.02. The van der Waals surface area contributed by atoms with Crippen LogP contribution in [0.5, 0.6) is 0 Å². The highest BCUT2D eigenvalue weighted by molar-refractivity contribution is 9.10. The fourth-order valence-corrected chi connectivity index (χ4v) is 3.83. The molecule has 1 atom stereocenters. The van der Waals surface area contributed by atoms with Crippen LogP contribution in [0.4, 0.5) is 5.69 Å². The number of rotatable bonds is 3. The van der Waals surface area contributed by atoms with E-state index in [1.165, 1.54) is 0 Å². The van der Waals surface area contributed by atoms with Crippen LogP contribution < -0.4 is 10.2 Å². The molecule has 0 radical (unpaired) electrons. The maximum atomic E-state index is 12.8. The lowest BCUT2D eigenvalue weighted by Crippen LogP contribution is -2.46. The Labute approximate surface area is 163 Å². The molecule has 25 heavy (non-hydrogen) atoms. The number of anilines is 1. The topological polar surface area (TPSA) is 52.7 Å². The number of aryl methyl sites for hydroxylation is 1. The molecule has 1 aromatic rings. The Morgan fingerprint density at radius 2 is 2.00 bits per heavy atom. The number of piperidine rings is 1. The molecule has 0 bridgehead atoms. The summed E-state index contributed by atoms with van der Waals surface area (Å²) < 4.78 is 1.02. The van der Waals surface area contributed by atoms with Gasteiger partial charge in [-0.05, 0) is 56.6 Å². The van der Waals surface area contributed by atoms with Crippen molar-refractivity contribution in [2.75, 3.05) is 31.6 Å². The highest BCUT2D eigenvalue weighted by Gasteiger charge is 2.38. The number of nitrogens with zero attached hydrogens (tertiary/aromatic N) is 2. The number of carbonyl (C=O) groups is 2. The Balaban J connectivity index is 0.00000225. The molecule has 0 aliphatic carbocycles. The first kappa shape index (κ1) is 20.2. The van der Waals surface area contributed by atoms with Gasteiger partial charge >= 0.3 is 0 Å². The van der Waals surface area contributed by atoms with E-state index in [4.69, 9.17) is 0 Å².